The van der Waals surface area contributed by atoms with Crippen LogP contribution in [0.25, 0.3) is 10.2 Å². The van der Waals surface area contributed by atoms with Crippen LogP contribution in [0.2, 0.25) is 0 Å². The third-order valence-corrected chi connectivity index (χ3v) is 5.24. The molecule has 0 radical (unpaired) electrons. The molecule has 0 aliphatic carbocycles. The van der Waals surface area contributed by atoms with Crippen molar-refractivity contribution in [3.63, 3.8) is 0 Å². The summed E-state index contributed by atoms with van der Waals surface area (Å²) in [5, 5.41) is 10.1. The van der Waals surface area contributed by atoms with Gasteiger partial charge in [0.25, 0.3) is 0 Å². The van der Waals surface area contributed by atoms with E-state index >= 15 is 0 Å². The molecule has 2 heterocycles. The minimum absolute atomic E-state index is 0.161. The number of benzene rings is 1. The molecule has 0 saturated carbocycles. The Morgan fingerprint density at radius 3 is 2.62 bits per heavy atom. The van der Waals surface area contributed by atoms with E-state index in [9.17, 15) is 5.11 Å². The molecule has 0 amide bonds. The molecular formula is C18H22N4OS. The number of fused-ring (bicyclic) bond motifs is 1. The molecule has 5 nitrogen and oxygen atoms in total. The first-order chi connectivity index (χ1) is 11.6. The average Bonchev–Trinajstić information content (AvgIpc) is 2.87. The van der Waals surface area contributed by atoms with Gasteiger partial charge in [0.1, 0.15) is 10.6 Å². The molecule has 0 fully saturated rings. The van der Waals surface area contributed by atoms with Gasteiger partial charge >= 0.3 is 0 Å². The number of para-hydroxylation sites is 1. The van der Waals surface area contributed by atoms with Gasteiger partial charge in [-0.25, -0.2) is 9.97 Å². The van der Waals surface area contributed by atoms with Crippen molar-refractivity contribution < 1.29 is 5.11 Å². The van der Waals surface area contributed by atoms with E-state index in [1.165, 1.54) is 10.4 Å². The zero-order chi connectivity index (χ0) is 17.1. The average molecular weight is 342 g/mol. The number of thiophene rings is 1. The van der Waals surface area contributed by atoms with Gasteiger partial charge in [-0.15, -0.1) is 11.3 Å². The molecule has 1 aromatic carbocycles. The van der Waals surface area contributed by atoms with Gasteiger partial charge in [-0.2, -0.15) is 0 Å². The number of nitrogens with zero attached hydrogens (tertiary/aromatic N) is 3. The summed E-state index contributed by atoms with van der Waals surface area (Å²) in [6, 6.07) is 10.1. The lowest BCUT2D eigenvalue weighted by molar-refractivity contribution is 0.289. The summed E-state index contributed by atoms with van der Waals surface area (Å²) >= 11 is 1.66. The highest BCUT2D eigenvalue weighted by Gasteiger charge is 2.15. The molecule has 0 saturated heterocycles. The van der Waals surface area contributed by atoms with E-state index in [1.807, 2.05) is 18.2 Å². The van der Waals surface area contributed by atoms with Gasteiger partial charge in [-0.05, 0) is 38.0 Å². The molecule has 6 heteroatoms. The summed E-state index contributed by atoms with van der Waals surface area (Å²) in [5.41, 5.74) is 8.44. The topological polar surface area (TPSA) is 75.3 Å². The number of aliphatic hydroxyl groups excluding tert-OH is 1. The molecule has 0 spiro atoms. The molecule has 2 aromatic heterocycles. The van der Waals surface area contributed by atoms with Crippen LogP contribution in [0.5, 0.6) is 0 Å². The molecule has 3 aromatic rings. The minimum Gasteiger partial charge on any atom is -0.396 e. The number of rotatable bonds is 6. The summed E-state index contributed by atoms with van der Waals surface area (Å²) in [4.78, 5) is 13.6. The number of nitrogen functional groups attached to an aromatic ring is 1. The van der Waals surface area contributed by atoms with Gasteiger partial charge in [0, 0.05) is 23.7 Å². The van der Waals surface area contributed by atoms with Crippen LogP contribution < -0.4 is 10.6 Å². The Morgan fingerprint density at radius 2 is 1.92 bits per heavy atom. The molecule has 24 heavy (non-hydrogen) atoms. The van der Waals surface area contributed by atoms with Crippen LogP contribution in [0.15, 0.2) is 30.3 Å². The zero-order valence-corrected chi connectivity index (χ0v) is 14.8. The van der Waals surface area contributed by atoms with Gasteiger partial charge in [-0.1, -0.05) is 18.2 Å². The molecule has 126 valence electrons. The number of hydrogen-bond donors (Lipinski definition) is 2. The fourth-order valence-corrected chi connectivity index (χ4v) is 3.82. The number of anilines is 2. The Hall–Kier alpha value is -2.18. The first-order valence-corrected chi connectivity index (χ1v) is 8.84. The van der Waals surface area contributed by atoms with Crippen molar-refractivity contribution in [2.24, 2.45) is 0 Å². The predicted octanol–water partition coefficient (Wildman–Crippen LogP) is 3.28. The van der Waals surface area contributed by atoms with E-state index in [4.69, 9.17) is 10.7 Å². The molecule has 0 aliphatic heterocycles. The van der Waals surface area contributed by atoms with Crippen LogP contribution in [0.1, 0.15) is 22.7 Å². The zero-order valence-electron chi connectivity index (χ0n) is 14.0. The van der Waals surface area contributed by atoms with Gasteiger partial charge < -0.3 is 15.7 Å². The standard InChI is InChI=1S/C18H22N4OS/c1-12-13(2)24-18-16(12)17(19)20-15(21-18)11-22(9-6-10-23)14-7-4-3-5-8-14/h3-5,7-8,23H,6,9-11H2,1-2H3,(H2,19,20,21). The number of hydrogen-bond acceptors (Lipinski definition) is 6. The maximum absolute atomic E-state index is 9.17. The predicted molar refractivity (Wildman–Crippen MR) is 100 cm³/mol. The van der Waals surface area contributed by atoms with Crippen LogP contribution in [-0.2, 0) is 6.54 Å². The van der Waals surface area contributed by atoms with E-state index in [0.717, 1.165) is 22.4 Å². The highest BCUT2D eigenvalue weighted by Crippen LogP contribution is 2.32. The molecule has 3 rings (SSSR count). The molecule has 0 bridgehead atoms. The van der Waals surface area contributed by atoms with Crippen LogP contribution in [0, 0.1) is 13.8 Å². The van der Waals surface area contributed by atoms with Crippen LogP contribution in [-0.4, -0.2) is 28.2 Å². The van der Waals surface area contributed by atoms with E-state index in [-0.39, 0.29) is 6.61 Å². The molecule has 0 aliphatic rings. The highest BCUT2D eigenvalue weighted by molar-refractivity contribution is 7.18. The number of aryl methyl sites for hydroxylation is 2. The summed E-state index contributed by atoms with van der Waals surface area (Å²) < 4.78 is 0. The smallest absolute Gasteiger partial charge is 0.151 e. The van der Waals surface area contributed by atoms with Gasteiger partial charge in [0.05, 0.1) is 11.9 Å². The Balaban J connectivity index is 1.93. The quantitative estimate of drug-likeness (QED) is 0.719. The molecule has 3 N–H and O–H groups in total. The Morgan fingerprint density at radius 1 is 1.17 bits per heavy atom. The van der Waals surface area contributed by atoms with Crippen molar-refractivity contribution in [3.05, 3.63) is 46.6 Å². The Kier molecular flexibility index (Phi) is 4.97. The minimum atomic E-state index is 0.161. The van der Waals surface area contributed by atoms with Crippen molar-refractivity contribution in [2.45, 2.75) is 26.8 Å². The molecule has 0 unspecified atom stereocenters. The SMILES string of the molecule is Cc1sc2nc(CN(CCCO)c3ccccc3)nc(N)c2c1C. The largest absolute Gasteiger partial charge is 0.396 e. The van der Waals surface area contributed by atoms with Crippen molar-refractivity contribution in [1.82, 2.24) is 9.97 Å². The second kappa shape index (κ2) is 7.15. The lowest BCUT2D eigenvalue weighted by Gasteiger charge is -2.24. The number of aromatic nitrogens is 2. The van der Waals surface area contributed by atoms with Crippen molar-refractivity contribution >= 4 is 33.1 Å². The van der Waals surface area contributed by atoms with Crippen molar-refractivity contribution in [2.75, 3.05) is 23.8 Å². The van der Waals surface area contributed by atoms with Crippen LogP contribution in [0.4, 0.5) is 11.5 Å². The third kappa shape index (κ3) is 3.34. The van der Waals surface area contributed by atoms with Crippen LogP contribution in [0.3, 0.4) is 0 Å². The first kappa shape index (κ1) is 16.7. The summed E-state index contributed by atoms with van der Waals surface area (Å²) in [6.07, 6.45) is 0.698. The lowest BCUT2D eigenvalue weighted by atomic mass is 10.2. The van der Waals surface area contributed by atoms with E-state index in [1.54, 1.807) is 11.3 Å². The highest BCUT2D eigenvalue weighted by atomic mass is 32.1. The molecular weight excluding hydrogens is 320 g/mol. The van der Waals surface area contributed by atoms with Crippen LogP contribution >= 0.6 is 11.3 Å². The molecule has 0 atom stereocenters. The third-order valence-electron chi connectivity index (χ3n) is 4.14. The number of aliphatic hydroxyl groups is 1. The van der Waals surface area contributed by atoms with Gasteiger partial charge in [-0.3, -0.25) is 0 Å². The maximum atomic E-state index is 9.17. The monoisotopic (exact) mass is 342 g/mol. The van der Waals surface area contributed by atoms with Crippen molar-refractivity contribution in [3.8, 4) is 0 Å². The summed E-state index contributed by atoms with van der Waals surface area (Å²) in [6.45, 7) is 5.61. The second-order valence-corrected chi connectivity index (χ2v) is 7.03. The van der Waals surface area contributed by atoms with E-state index < -0.39 is 0 Å². The second-order valence-electron chi connectivity index (χ2n) is 5.82. The van der Waals surface area contributed by atoms with E-state index in [0.29, 0.717) is 24.6 Å². The normalized spacial score (nSPS) is 11.1. The van der Waals surface area contributed by atoms with Crippen molar-refractivity contribution in [1.29, 1.82) is 0 Å². The Bertz CT molecular complexity index is 832. The number of nitrogens with two attached hydrogens (primary N) is 1. The fraction of sp³-hybridized carbons (Fsp3) is 0.333. The maximum Gasteiger partial charge on any atom is 0.151 e. The fourth-order valence-electron chi connectivity index (χ4n) is 2.77. The summed E-state index contributed by atoms with van der Waals surface area (Å²) in [5.74, 6) is 1.26. The summed E-state index contributed by atoms with van der Waals surface area (Å²) in [7, 11) is 0. The van der Waals surface area contributed by atoms with Gasteiger partial charge in [0.15, 0.2) is 5.82 Å². The Labute approximate surface area is 145 Å². The van der Waals surface area contributed by atoms with E-state index in [2.05, 4.69) is 35.9 Å². The van der Waals surface area contributed by atoms with Gasteiger partial charge in [0.2, 0.25) is 0 Å². The first-order valence-electron chi connectivity index (χ1n) is 8.03. The lowest BCUT2D eigenvalue weighted by Crippen LogP contribution is -2.25.